The van der Waals surface area contributed by atoms with Gasteiger partial charge in [0.25, 0.3) is 0 Å². The van der Waals surface area contributed by atoms with Crippen LogP contribution in [0.2, 0.25) is 10.0 Å². The van der Waals surface area contributed by atoms with Crippen molar-refractivity contribution < 1.29 is 9.53 Å². The maximum Gasteiger partial charge on any atom is 0.321 e. The van der Waals surface area contributed by atoms with E-state index in [-0.39, 0.29) is 5.97 Å². The molecule has 0 saturated carbocycles. The molecule has 28 heavy (non-hydrogen) atoms. The highest BCUT2D eigenvalue weighted by Gasteiger charge is 2.30. The third kappa shape index (κ3) is 5.66. The third-order valence-corrected chi connectivity index (χ3v) is 5.93. The molecule has 2 aromatic carbocycles. The van der Waals surface area contributed by atoms with Crippen molar-refractivity contribution in [3.8, 4) is 0 Å². The molecule has 2 N–H and O–H groups in total. The predicted molar refractivity (Wildman–Crippen MR) is 119 cm³/mol. The first-order valence-electron chi connectivity index (χ1n) is 8.88. The lowest BCUT2D eigenvalue weighted by molar-refractivity contribution is -0.145. The van der Waals surface area contributed by atoms with Gasteiger partial charge < -0.3 is 15.5 Å². The Labute approximate surface area is 180 Å². The number of esters is 1. The van der Waals surface area contributed by atoms with Gasteiger partial charge in [-0.2, -0.15) is 0 Å². The van der Waals surface area contributed by atoms with E-state index in [9.17, 15) is 4.79 Å². The zero-order chi connectivity index (χ0) is 20.9. The molecule has 0 bridgehead atoms. The Morgan fingerprint density at radius 2 is 1.86 bits per heavy atom. The average Bonchev–Trinajstić information content (AvgIpc) is 2.61. The number of carbonyl (C=O) groups is 1. The van der Waals surface area contributed by atoms with Crippen LogP contribution in [0.25, 0.3) is 0 Å². The smallest absolute Gasteiger partial charge is 0.321 e. The first-order valence-corrected chi connectivity index (χ1v) is 10.5. The molecule has 0 aliphatic carbocycles. The van der Waals surface area contributed by atoms with Gasteiger partial charge in [0.05, 0.1) is 6.61 Å². The van der Waals surface area contributed by atoms with Crippen LogP contribution >= 0.6 is 35.0 Å². The second-order valence-corrected chi connectivity index (χ2v) is 9.23. The molecule has 0 radical (unpaired) electrons. The van der Waals surface area contributed by atoms with E-state index in [1.807, 2.05) is 32.0 Å². The van der Waals surface area contributed by atoms with E-state index >= 15 is 0 Å². The summed E-state index contributed by atoms with van der Waals surface area (Å²) < 4.78 is 4.44. The molecule has 7 heteroatoms. The summed E-state index contributed by atoms with van der Waals surface area (Å²) in [6.07, 6.45) is 0. The first kappa shape index (κ1) is 22.6. The maximum atomic E-state index is 12.2. The lowest BCUT2D eigenvalue weighted by Gasteiger charge is -2.22. The van der Waals surface area contributed by atoms with Gasteiger partial charge in [-0.25, -0.2) is 0 Å². The predicted octanol–water partition coefficient (Wildman–Crippen LogP) is 6.43. The molecule has 2 rings (SSSR count). The first-order chi connectivity index (χ1) is 13.2. The van der Waals surface area contributed by atoms with Gasteiger partial charge in [-0.1, -0.05) is 29.3 Å². The number of rotatable bonds is 8. The van der Waals surface area contributed by atoms with Gasteiger partial charge in [-0.3, -0.25) is 4.79 Å². The van der Waals surface area contributed by atoms with Crippen LogP contribution in [0.1, 0.15) is 38.8 Å². The lowest BCUT2D eigenvalue weighted by Crippen LogP contribution is -2.29. The standard InChI is InChI=1S/C21H24Cl2N2O2S/c1-5-27-20(26)21(3,4)28-14-9-10-15(13(2)24)19(11-14)25-12-16-17(22)7-6-8-18(16)23/h6-11,24-25H,5,12H2,1-4H3. The highest BCUT2D eigenvalue weighted by Crippen LogP contribution is 2.36. The SMILES string of the molecule is CCOC(=O)C(C)(C)Sc1ccc(C(C)=N)c(NCc2c(Cl)cccc2Cl)c1. The van der Waals surface area contributed by atoms with Crippen LogP contribution in [0.15, 0.2) is 41.3 Å². The summed E-state index contributed by atoms with van der Waals surface area (Å²) in [5.74, 6) is -0.260. The second kappa shape index (κ2) is 9.68. The third-order valence-electron chi connectivity index (χ3n) is 4.05. The molecule has 0 heterocycles. The van der Waals surface area contributed by atoms with Gasteiger partial charge in [-0.15, -0.1) is 11.8 Å². The number of hydrogen-bond donors (Lipinski definition) is 2. The number of anilines is 1. The molecular weight excluding hydrogens is 415 g/mol. The van der Waals surface area contributed by atoms with Crippen molar-refractivity contribution in [3.63, 3.8) is 0 Å². The quantitative estimate of drug-likeness (QED) is 0.283. The van der Waals surface area contributed by atoms with E-state index < -0.39 is 4.75 Å². The van der Waals surface area contributed by atoms with Gasteiger partial charge in [0.15, 0.2) is 0 Å². The van der Waals surface area contributed by atoms with Crippen LogP contribution in [0.4, 0.5) is 5.69 Å². The van der Waals surface area contributed by atoms with Crippen molar-refractivity contribution >= 4 is 52.3 Å². The number of carbonyl (C=O) groups excluding carboxylic acids is 1. The summed E-state index contributed by atoms with van der Waals surface area (Å²) >= 11 is 13.9. The van der Waals surface area contributed by atoms with Crippen molar-refractivity contribution in [2.45, 2.75) is 43.9 Å². The van der Waals surface area contributed by atoms with Crippen molar-refractivity contribution in [3.05, 3.63) is 57.6 Å². The fraction of sp³-hybridized carbons (Fsp3) is 0.333. The van der Waals surface area contributed by atoms with Crippen molar-refractivity contribution in [2.24, 2.45) is 0 Å². The Morgan fingerprint density at radius 3 is 2.43 bits per heavy atom. The van der Waals surface area contributed by atoms with Crippen molar-refractivity contribution in [2.75, 3.05) is 11.9 Å². The molecule has 0 aliphatic heterocycles. The number of benzene rings is 2. The minimum Gasteiger partial charge on any atom is -0.465 e. The Hall–Kier alpha value is -1.69. The molecule has 0 amide bonds. The monoisotopic (exact) mass is 438 g/mol. The van der Waals surface area contributed by atoms with Crippen LogP contribution in [0, 0.1) is 5.41 Å². The van der Waals surface area contributed by atoms with E-state index in [2.05, 4.69) is 5.32 Å². The van der Waals surface area contributed by atoms with E-state index in [1.165, 1.54) is 11.8 Å². The largest absolute Gasteiger partial charge is 0.465 e. The molecule has 0 aromatic heterocycles. The molecular formula is C21H24Cl2N2O2S. The number of hydrogen-bond acceptors (Lipinski definition) is 5. The van der Waals surface area contributed by atoms with E-state index in [0.29, 0.717) is 28.9 Å². The van der Waals surface area contributed by atoms with Crippen LogP contribution < -0.4 is 5.32 Å². The summed E-state index contributed by atoms with van der Waals surface area (Å²) in [6.45, 7) is 7.97. The summed E-state index contributed by atoms with van der Waals surface area (Å²) in [4.78, 5) is 13.1. The Morgan fingerprint density at radius 1 is 1.21 bits per heavy atom. The summed E-state index contributed by atoms with van der Waals surface area (Å²) in [6, 6.07) is 11.1. The average molecular weight is 439 g/mol. The van der Waals surface area contributed by atoms with Crippen LogP contribution in [0.5, 0.6) is 0 Å². The highest BCUT2D eigenvalue weighted by atomic mass is 35.5. The van der Waals surface area contributed by atoms with Crippen molar-refractivity contribution in [1.82, 2.24) is 0 Å². The van der Waals surface area contributed by atoms with Gasteiger partial charge in [0.2, 0.25) is 0 Å². The van der Waals surface area contributed by atoms with Crippen LogP contribution in [0.3, 0.4) is 0 Å². The van der Waals surface area contributed by atoms with Gasteiger partial charge in [0.1, 0.15) is 4.75 Å². The minimum absolute atomic E-state index is 0.260. The Bertz CT molecular complexity index is 864. The molecule has 0 unspecified atom stereocenters. The fourth-order valence-electron chi connectivity index (χ4n) is 2.59. The number of nitrogens with one attached hydrogen (secondary N) is 2. The summed E-state index contributed by atoms with van der Waals surface area (Å²) in [5.41, 5.74) is 2.80. The highest BCUT2D eigenvalue weighted by molar-refractivity contribution is 8.01. The molecule has 2 aromatic rings. The minimum atomic E-state index is -0.722. The van der Waals surface area contributed by atoms with E-state index in [0.717, 1.165) is 21.7 Å². The van der Waals surface area contributed by atoms with Gasteiger partial charge in [-0.05, 0) is 58.0 Å². The van der Waals surface area contributed by atoms with E-state index in [1.54, 1.807) is 32.0 Å². The molecule has 0 saturated heterocycles. The maximum absolute atomic E-state index is 12.2. The van der Waals surface area contributed by atoms with Gasteiger partial charge >= 0.3 is 5.97 Å². The molecule has 0 spiro atoms. The molecule has 0 atom stereocenters. The number of thioether (sulfide) groups is 1. The molecule has 150 valence electrons. The number of halogens is 2. The van der Waals surface area contributed by atoms with E-state index in [4.69, 9.17) is 33.3 Å². The van der Waals surface area contributed by atoms with Crippen LogP contribution in [-0.4, -0.2) is 23.0 Å². The normalized spacial score (nSPS) is 11.2. The molecule has 0 aliphatic rings. The fourth-order valence-corrected chi connectivity index (χ4v) is 4.16. The zero-order valence-corrected chi connectivity index (χ0v) is 18.7. The Kier molecular flexibility index (Phi) is 7.81. The second-order valence-electron chi connectivity index (χ2n) is 6.72. The topological polar surface area (TPSA) is 62.2 Å². The number of ether oxygens (including phenoxy) is 1. The summed E-state index contributed by atoms with van der Waals surface area (Å²) in [5, 5.41) is 12.5. The van der Waals surface area contributed by atoms with Crippen molar-refractivity contribution in [1.29, 1.82) is 5.41 Å². The summed E-state index contributed by atoms with van der Waals surface area (Å²) in [7, 11) is 0. The lowest BCUT2D eigenvalue weighted by atomic mass is 10.1. The van der Waals surface area contributed by atoms with Gasteiger partial charge in [0, 0.05) is 44.0 Å². The molecule has 0 fully saturated rings. The zero-order valence-electron chi connectivity index (χ0n) is 16.4. The van der Waals surface area contributed by atoms with Crippen LogP contribution in [-0.2, 0) is 16.1 Å². The Balaban J connectivity index is 2.28. The molecule has 4 nitrogen and oxygen atoms in total.